The molecule has 0 aliphatic carbocycles. The number of hydrogen-bond acceptors (Lipinski definition) is 7. The number of piperazine rings is 1. The Bertz CT molecular complexity index is 1240. The molecule has 1 atom stereocenters. The fraction of sp³-hybridized carbons (Fsp3) is 0.440. The van der Waals surface area contributed by atoms with Gasteiger partial charge in [-0.1, -0.05) is 0 Å². The maximum absolute atomic E-state index is 12.7. The summed E-state index contributed by atoms with van der Waals surface area (Å²) in [5.41, 5.74) is 4.05. The van der Waals surface area contributed by atoms with Gasteiger partial charge in [-0.3, -0.25) is 14.8 Å². The lowest BCUT2D eigenvalue weighted by Gasteiger charge is -2.50. The highest BCUT2D eigenvalue weighted by Gasteiger charge is 2.39. The van der Waals surface area contributed by atoms with Crippen LogP contribution >= 0.6 is 0 Å². The van der Waals surface area contributed by atoms with Gasteiger partial charge in [0.25, 0.3) is 0 Å². The lowest BCUT2D eigenvalue weighted by atomic mass is 9.94. The second-order valence-corrected chi connectivity index (χ2v) is 9.67. The third-order valence-corrected chi connectivity index (χ3v) is 6.61. The number of fused-ring (bicyclic) bond motifs is 1. The molecule has 0 saturated carbocycles. The first kappa shape index (κ1) is 24.5. The summed E-state index contributed by atoms with van der Waals surface area (Å²) >= 11 is 0. The lowest BCUT2D eigenvalue weighted by molar-refractivity contribution is -0.139. The fourth-order valence-electron chi connectivity index (χ4n) is 4.58. The van der Waals surface area contributed by atoms with Crippen LogP contribution in [0, 0.1) is 6.92 Å². The van der Waals surface area contributed by atoms with Gasteiger partial charge < -0.3 is 20.1 Å². The number of methoxy groups -OCH3 is 1. The molecule has 10 nitrogen and oxygen atoms in total. The maximum Gasteiger partial charge on any atom is 0.325 e. The molecule has 2 amide bonds. The number of esters is 1. The molecule has 0 radical (unpaired) electrons. The second-order valence-electron chi connectivity index (χ2n) is 9.67. The van der Waals surface area contributed by atoms with Gasteiger partial charge in [0.2, 0.25) is 0 Å². The van der Waals surface area contributed by atoms with Crippen LogP contribution in [0.3, 0.4) is 0 Å². The lowest BCUT2D eigenvalue weighted by Crippen LogP contribution is -2.64. The minimum Gasteiger partial charge on any atom is -0.508 e. The number of aromatic amines is 1. The SMILES string of the molecule is COC(=O)CNC(=O)N1CC(C)(C)N(Cc2cc(-c3ccc(O)cc3)nc3n[nH]c(C)c23)CC1C. The van der Waals surface area contributed by atoms with Crippen molar-refractivity contribution in [3.8, 4) is 17.0 Å². The Morgan fingerprint density at radius 1 is 1.29 bits per heavy atom. The zero-order valence-electron chi connectivity index (χ0n) is 20.8. The Morgan fingerprint density at radius 3 is 2.69 bits per heavy atom. The van der Waals surface area contributed by atoms with E-state index in [-0.39, 0.29) is 29.9 Å². The van der Waals surface area contributed by atoms with Crippen LogP contribution in [0.5, 0.6) is 5.75 Å². The summed E-state index contributed by atoms with van der Waals surface area (Å²) in [5, 5.41) is 20.8. The summed E-state index contributed by atoms with van der Waals surface area (Å²) < 4.78 is 4.62. The molecule has 4 rings (SSSR count). The van der Waals surface area contributed by atoms with Gasteiger partial charge in [-0.25, -0.2) is 9.78 Å². The van der Waals surface area contributed by atoms with Gasteiger partial charge in [-0.05, 0) is 63.6 Å². The monoisotopic (exact) mass is 480 g/mol. The van der Waals surface area contributed by atoms with Gasteiger partial charge in [-0.2, -0.15) is 5.10 Å². The number of aromatic hydroxyl groups is 1. The number of phenols is 1. The zero-order chi connectivity index (χ0) is 25.3. The van der Waals surface area contributed by atoms with Crippen molar-refractivity contribution < 1.29 is 19.4 Å². The largest absolute Gasteiger partial charge is 0.508 e. The van der Waals surface area contributed by atoms with Crippen molar-refractivity contribution in [3.63, 3.8) is 0 Å². The number of aromatic nitrogens is 3. The Morgan fingerprint density at radius 2 is 2.00 bits per heavy atom. The molecule has 3 N–H and O–H groups in total. The van der Waals surface area contributed by atoms with Crippen molar-refractivity contribution in [2.45, 2.75) is 45.8 Å². The molecule has 1 aliphatic rings. The van der Waals surface area contributed by atoms with E-state index in [0.717, 1.165) is 27.9 Å². The number of hydrogen-bond donors (Lipinski definition) is 3. The van der Waals surface area contributed by atoms with Crippen molar-refractivity contribution in [1.82, 2.24) is 30.3 Å². The molecule has 1 fully saturated rings. The highest BCUT2D eigenvalue weighted by molar-refractivity contribution is 5.84. The number of carbonyl (C=O) groups excluding carboxylic acids is 2. The summed E-state index contributed by atoms with van der Waals surface area (Å²) in [6, 6.07) is 8.71. The minimum absolute atomic E-state index is 0.0555. The molecular weight excluding hydrogens is 448 g/mol. The number of ether oxygens (including phenoxy) is 1. The number of aryl methyl sites for hydroxylation is 1. The second kappa shape index (κ2) is 9.53. The molecule has 0 spiro atoms. The summed E-state index contributed by atoms with van der Waals surface area (Å²) in [6.07, 6.45) is 0. The summed E-state index contributed by atoms with van der Waals surface area (Å²) in [5.74, 6) is -0.277. The molecule has 0 bridgehead atoms. The first-order valence-corrected chi connectivity index (χ1v) is 11.6. The number of benzene rings is 1. The van der Waals surface area contributed by atoms with Crippen LogP contribution in [0.2, 0.25) is 0 Å². The van der Waals surface area contributed by atoms with E-state index in [4.69, 9.17) is 4.98 Å². The quantitative estimate of drug-likeness (QED) is 0.480. The number of rotatable bonds is 5. The normalized spacial score (nSPS) is 18.0. The third-order valence-electron chi connectivity index (χ3n) is 6.61. The highest BCUT2D eigenvalue weighted by Crippen LogP contribution is 2.31. The zero-order valence-corrected chi connectivity index (χ0v) is 20.8. The van der Waals surface area contributed by atoms with E-state index in [1.807, 2.05) is 26.0 Å². The topological polar surface area (TPSA) is 124 Å². The number of carbonyl (C=O) groups is 2. The summed E-state index contributed by atoms with van der Waals surface area (Å²) in [7, 11) is 1.30. The van der Waals surface area contributed by atoms with E-state index in [2.05, 4.69) is 45.1 Å². The van der Waals surface area contributed by atoms with Crippen LogP contribution in [-0.4, -0.2) is 80.4 Å². The average Bonchev–Trinajstić information content (AvgIpc) is 3.20. The van der Waals surface area contributed by atoms with Crippen molar-refractivity contribution >= 4 is 23.0 Å². The maximum atomic E-state index is 12.7. The number of phenolic OH excluding ortho intramolecular Hbond substituents is 1. The van der Waals surface area contributed by atoms with Crippen molar-refractivity contribution in [2.24, 2.45) is 0 Å². The van der Waals surface area contributed by atoms with Crippen LogP contribution in [0.1, 0.15) is 32.0 Å². The van der Waals surface area contributed by atoms with Crippen LogP contribution in [0.25, 0.3) is 22.3 Å². The van der Waals surface area contributed by atoms with E-state index in [1.165, 1.54) is 7.11 Å². The Balaban J connectivity index is 1.60. The molecule has 3 heterocycles. The fourth-order valence-corrected chi connectivity index (χ4v) is 4.58. The summed E-state index contributed by atoms with van der Waals surface area (Å²) in [4.78, 5) is 33.0. The standard InChI is InChI=1S/C25H32N6O4/c1-15-12-30(25(3,4)14-31(15)24(34)26-11-21(33)35-5)13-18-10-20(17-6-8-19(32)9-7-17)27-23-22(18)16(2)28-29-23/h6-10,15,32H,11-14H2,1-5H3,(H,26,34)(H,27,28,29). The van der Waals surface area contributed by atoms with Crippen LogP contribution < -0.4 is 5.32 Å². The van der Waals surface area contributed by atoms with E-state index in [9.17, 15) is 14.7 Å². The molecule has 10 heteroatoms. The number of pyridine rings is 1. The van der Waals surface area contributed by atoms with Crippen molar-refractivity contribution in [2.75, 3.05) is 26.7 Å². The molecule has 1 unspecified atom stereocenters. The van der Waals surface area contributed by atoms with E-state index >= 15 is 0 Å². The molecule has 1 aliphatic heterocycles. The first-order valence-electron chi connectivity index (χ1n) is 11.6. The van der Waals surface area contributed by atoms with Crippen LogP contribution in [0.4, 0.5) is 4.79 Å². The molecule has 2 aromatic heterocycles. The number of nitrogens with zero attached hydrogens (tertiary/aromatic N) is 4. The molecule has 1 saturated heterocycles. The van der Waals surface area contributed by atoms with Gasteiger partial charge in [-0.15, -0.1) is 0 Å². The van der Waals surface area contributed by atoms with Gasteiger partial charge in [0.1, 0.15) is 12.3 Å². The third kappa shape index (κ3) is 5.07. The van der Waals surface area contributed by atoms with Crippen LogP contribution in [-0.2, 0) is 16.1 Å². The van der Waals surface area contributed by atoms with E-state index < -0.39 is 5.97 Å². The molecule has 35 heavy (non-hydrogen) atoms. The highest BCUT2D eigenvalue weighted by atomic mass is 16.5. The smallest absolute Gasteiger partial charge is 0.325 e. The predicted molar refractivity (Wildman–Crippen MR) is 132 cm³/mol. The van der Waals surface area contributed by atoms with Crippen molar-refractivity contribution in [1.29, 1.82) is 0 Å². The molecular formula is C25H32N6O4. The van der Waals surface area contributed by atoms with E-state index in [0.29, 0.717) is 25.3 Å². The molecule has 1 aromatic carbocycles. The Kier molecular flexibility index (Phi) is 6.66. The van der Waals surface area contributed by atoms with Gasteiger partial charge in [0.15, 0.2) is 5.65 Å². The van der Waals surface area contributed by atoms with E-state index in [1.54, 1.807) is 17.0 Å². The number of urea groups is 1. The van der Waals surface area contributed by atoms with Crippen LogP contribution in [0.15, 0.2) is 30.3 Å². The molecule has 3 aromatic rings. The Labute approximate surface area is 204 Å². The summed E-state index contributed by atoms with van der Waals surface area (Å²) in [6.45, 7) is 9.88. The average molecular weight is 481 g/mol. The number of nitrogens with one attached hydrogen (secondary N) is 2. The van der Waals surface area contributed by atoms with Crippen molar-refractivity contribution in [3.05, 3.63) is 41.6 Å². The van der Waals surface area contributed by atoms with Gasteiger partial charge >= 0.3 is 12.0 Å². The minimum atomic E-state index is -0.481. The number of H-pyrrole nitrogens is 1. The molecule has 186 valence electrons. The predicted octanol–water partition coefficient (Wildman–Crippen LogP) is 2.81. The number of amides is 2. The van der Waals surface area contributed by atoms with Gasteiger partial charge in [0.05, 0.1) is 12.8 Å². The Hall–Kier alpha value is -3.66. The van der Waals surface area contributed by atoms with Gasteiger partial charge in [0, 0.05) is 47.9 Å². The first-order chi connectivity index (χ1) is 16.6.